The van der Waals surface area contributed by atoms with Crippen LogP contribution in [0, 0.1) is 6.92 Å². The van der Waals surface area contributed by atoms with Gasteiger partial charge in [0.1, 0.15) is 6.10 Å². The van der Waals surface area contributed by atoms with Gasteiger partial charge in [-0.3, -0.25) is 0 Å². The third-order valence-electron chi connectivity index (χ3n) is 3.46. The highest BCUT2D eigenvalue weighted by Gasteiger charge is 2.16. The Morgan fingerprint density at radius 2 is 2.06 bits per heavy atom. The monoisotopic (exact) mass is 250 g/mol. The fourth-order valence-corrected chi connectivity index (χ4v) is 2.57. The highest BCUT2D eigenvalue weighted by molar-refractivity contribution is 6.30. The van der Waals surface area contributed by atoms with Crippen molar-refractivity contribution in [3.05, 3.63) is 46.0 Å². The fraction of sp³-hybridized carbons (Fsp3) is 0.467. The number of hydrogen-bond acceptors (Lipinski definition) is 1. The Bertz CT molecular complexity index is 423. The molecule has 0 bridgehead atoms. The van der Waals surface area contributed by atoms with Crippen LogP contribution in [0.5, 0.6) is 0 Å². The lowest BCUT2D eigenvalue weighted by atomic mass is 9.95. The molecule has 1 aromatic carbocycles. The molecule has 1 N–H and O–H groups in total. The van der Waals surface area contributed by atoms with Gasteiger partial charge in [-0.05, 0) is 61.4 Å². The number of halogens is 1. The van der Waals surface area contributed by atoms with Crippen LogP contribution in [0.1, 0.15) is 49.3 Å². The van der Waals surface area contributed by atoms with Gasteiger partial charge in [-0.25, -0.2) is 0 Å². The summed E-state index contributed by atoms with van der Waals surface area (Å²) in [5, 5.41) is 11.1. The number of aliphatic hydroxyl groups excluding tert-OH is 1. The smallest absolute Gasteiger partial charge is 0.100 e. The van der Waals surface area contributed by atoms with E-state index in [1.54, 1.807) is 0 Å². The van der Waals surface area contributed by atoms with E-state index in [4.69, 9.17) is 11.6 Å². The molecule has 0 aliphatic heterocycles. The summed E-state index contributed by atoms with van der Waals surface area (Å²) in [5.74, 6) is 0. The third-order valence-corrected chi connectivity index (χ3v) is 3.70. The molecule has 0 aromatic heterocycles. The summed E-state index contributed by atoms with van der Waals surface area (Å²) in [7, 11) is 0. The SMILES string of the molecule is Cc1ccc(Cl)cc1C(O)C1=CCCCCC1. The molecule has 17 heavy (non-hydrogen) atoms. The molecule has 1 nitrogen and oxygen atoms in total. The largest absolute Gasteiger partial charge is 0.384 e. The van der Waals surface area contributed by atoms with E-state index in [9.17, 15) is 5.11 Å². The van der Waals surface area contributed by atoms with Gasteiger partial charge in [0, 0.05) is 5.02 Å². The zero-order valence-electron chi connectivity index (χ0n) is 10.2. The summed E-state index contributed by atoms with van der Waals surface area (Å²) in [5.41, 5.74) is 3.21. The van der Waals surface area contributed by atoms with Crippen LogP contribution in [0.15, 0.2) is 29.8 Å². The summed E-state index contributed by atoms with van der Waals surface area (Å²) < 4.78 is 0. The normalized spacial score (nSPS) is 18.4. The highest BCUT2D eigenvalue weighted by Crippen LogP contribution is 2.31. The first-order valence-corrected chi connectivity index (χ1v) is 6.69. The van der Waals surface area contributed by atoms with Crippen LogP contribution in [0.3, 0.4) is 0 Å². The number of hydrogen-bond donors (Lipinski definition) is 1. The molecule has 0 saturated carbocycles. The summed E-state index contributed by atoms with van der Waals surface area (Å²) in [4.78, 5) is 0. The topological polar surface area (TPSA) is 20.2 Å². The second-order valence-electron chi connectivity index (χ2n) is 4.78. The van der Waals surface area contributed by atoms with Crippen LogP contribution >= 0.6 is 11.6 Å². The van der Waals surface area contributed by atoms with Crippen molar-refractivity contribution < 1.29 is 5.11 Å². The lowest BCUT2D eigenvalue weighted by molar-refractivity contribution is 0.210. The molecule has 2 rings (SSSR count). The standard InChI is InChI=1S/C15H19ClO/c1-11-8-9-13(16)10-14(11)15(17)12-6-4-2-3-5-7-12/h6,8-10,15,17H,2-5,7H2,1H3. The molecule has 1 unspecified atom stereocenters. The van der Waals surface area contributed by atoms with Crippen molar-refractivity contribution in [2.45, 2.75) is 45.1 Å². The van der Waals surface area contributed by atoms with Crippen LogP contribution in [-0.2, 0) is 0 Å². The van der Waals surface area contributed by atoms with Crippen LogP contribution in [0.4, 0.5) is 0 Å². The average molecular weight is 251 g/mol. The van der Waals surface area contributed by atoms with Gasteiger partial charge in [-0.1, -0.05) is 30.2 Å². The molecule has 1 aliphatic rings. The summed E-state index contributed by atoms with van der Waals surface area (Å²) in [6, 6.07) is 5.72. The molecule has 0 amide bonds. The predicted molar refractivity (Wildman–Crippen MR) is 72.3 cm³/mol. The van der Waals surface area contributed by atoms with Gasteiger partial charge in [-0.15, -0.1) is 0 Å². The maximum Gasteiger partial charge on any atom is 0.100 e. The highest BCUT2D eigenvalue weighted by atomic mass is 35.5. The van der Waals surface area contributed by atoms with Gasteiger partial charge >= 0.3 is 0 Å². The predicted octanol–water partition coefficient (Wildman–Crippen LogP) is 4.57. The van der Waals surface area contributed by atoms with Crippen LogP contribution in [0.25, 0.3) is 0 Å². The van der Waals surface area contributed by atoms with Crippen LogP contribution < -0.4 is 0 Å². The maximum atomic E-state index is 10.4. The Balaban J connectivity index is 2.26. The minimum atomic E-state index is -0.480. The van der Waals surface area contributed by atoms with Crippen molar-refractivity contribution >= 4 is 11.6 Å². The summed E-state index contributed by atoms with van der Waals surface area (Å²) >= 11 is 6.00. The van der Waals surface area contributed by atoms with Crippen molar-refractivity contribution in [1.82, 2.24) is 0 Å². The molecule has 0 spiro atoms. The molecule has 1 aromatic rings. The zero-order valence-corrected chi connectivity index (χ0v) is 11.0. The van der Waals surface area contributed by atoms with Crippen molar-refractivity contribution in [2.24, 2.45) is 0 Å². The van der Waals surface area contributed by atoms with Crippen LogP contribution in [0.2, 0.25) is 5.02 Å². The molecular weight excluding hydrogens is 232 g/mol. The van der Waals surface area contributed by atoms with Gasteiger partial charge < -0.3 is 5.11 Å². The maximum absolute atomic E-state index is 10.4. The Morgan fingerprint density at radius 1 is 1.24 bits per heavy atom. The van der Waals surface area contributed by atoms with E-state index in [0.717, 1.165) is 29.5 Å². The van der Waals surface area contributed by atoms with Gasteiger partial charge in [0.05, 0.1) is 0 Å². The Kier molecular flexibility index (Phi) is 4.25. The van der Waals surface area contributed by atoms with E-state index in [1.807, 2.05) is 25.1 Å². The van der Waals surface area contributed by atoms with Crippen molar-refractivity contribution in [1.29, 1.82) is 0 Å². The van der Waals surface area contributed by atoms with Crippen molar-refractivity contribution in [2.75, 3.05) is 0 Å². The second-order valence-corrected chi connectivity index (χ2v) is 5.22. The molecular formula is C15H19ClO. The minimum absolute atomic E-state index is 0.480. The molecule has 92 valence electrons. The van der Waals surface area contributed by atoms with Crippen LogP contribution in [-0.4, -0.2) is 5.11 Å². The Hall–Kier alpha value is -0.790. The fourth-order valence-electron chi connectivity index (χ4n) is 2.39. The van der Waals surface area contributed by atoms with E-state index < -0.39 is 6.10 Å². The molecule has 1 atom stereocenters. The summed E-state index contributed by atoms with van der Waals surface area (Å²) in [6.45, 7) is 2.02. The average Bonchev–Trinajstić information content (AvgIpc) is 2.60. The number of benzene rings is 1. The Labute approximate surface area is 108 Å². The molecule has 0 fully saturated rings. The lowest BCUT2D eigenvalue weighted by Crippen LogP contribution is -2.03. The second kappa shape index (κ2) is 5.70. The zero-order chi connectivity index (χ0) is 12.3. The van der Waals surface area contributed by atoms with Gasteiger partial charge in [0.15, 0.2) is 0 Å². The quantitative estimate of drug-likeness (QED) is 0.763. The van der Waals surface area contributed by atoms with E-state index in [0.29, 0.717) is 5.02 Å². The molecule has 1 aliphatic carbocycles. The molecule has 0 radical (unpaired) electrons. The van der Waals surface area contributed by atoms with E-state index in [2.05, 4.69) is 6.08 Å². The number of aryl methyl sites for hydroxylation is 1. The van der Waals surface area contributed by atoms with Gasteiger partial charge in [-0.2, -0.15) is 0 Å². The van der Waals surface area contributed by atoms with E-state index >= 15 is 0 Å². The number of aliphatic hydroxyl groups is 1. The molecule has 2 heteroatoms. The first-order chi connectivity index (χ1) is 8.18. The molecule has 0 heterocycles. The minimum Gasteiger partial charge on any atom is -0.384 e. The van der Waals surface area contributed by atoms with Gasteiger partial charge in [0.25, 0.3) is 0 Å². The Morgan fingerprint density at radius 3 is 2.88 bits per heavy atom. The number of allylic oxidation sites excluding steroid dienone is 1. The lowest BCUT2D eigenvalue weighted by Gasteiger charge is -2.17. The first kappa shape index (κ1) is 12.7. The van der Waals surface area contributed by atoms with Crippen molar-refractivity contribution in [3.63, 3.8) is 0 Å². The van der Waals surface area contributed by atoms with Crippen molar-refractivity contribution in [3.8, 4) is 0 Å². The first-order valence-electron chi connectivity index (χ1n) is 6.31. The van der Waals surface area contributed by atoms with Gasteiger partial charge in [0.2, 0.25) is 0 Å². The van der Waals surface area contributed by atoms with E-state index in [-0.39, 0.29) is 0 Å². The third kappa shape index (κ3) is 3.11. The number of rotatable bonds is 2. The molecule has 0 saturated heterocycles. The van der Waals surface area contributed by atoms with E-state index in [1.165, 1.54) is 19.3 Å². The summed E-state index contributed by atoms with van der Waals surface area (Å²) in [6.07, 6.45) is 7.51.